The maximum absolute atomic E-state index is 13.3. The Balaban J connectivity index is 1.88. The van der Waals surface area contributed by atoms with Gasteiger partial charge in [0.15, 0.2) is 0 Å². The SMILES string of the molecule is CCCOc1ccc(/C(O)=C2/C(=O)C(=O)N(c3cc(C)cc(C)c3)C2c2ccc(C)o2)cc1C. The highest BCUT2D eigenvalue weighted by molar-refractivity contribution is 6.51. The number of ketones is 1. The number of carbonyl (C=O) groups is 2. The lowest BCUT2D eigenvalue weighted by Crippen LogP contribution is -2.29. The Bertz CT molecular complexity index is 1280. The molecule has 0 radical (unpaired) electrons. The van der Waals surface area contributed by atoms with E-state index in [1.165, 1.54) is 4.90 Å². The van der Waals surface area contributed by atoms with Gasteiger partial charge < -0.3 is 14.3 Å². The van der Waals surface area contributed by atoms with Gasteiger partial charge in [0.05, 0.1) is 12.2 Å². The number of Topliss-reactive ketones (excluding diaryl/α,β-unsaturated/α-hetero) is 1. The molecule has 2 aromatic carbocycles. The number of carbonyl (C=O) groups excluding carboxylic acids is 2. The number of benzene rings is 2. The van der Waals surface area contributed by atoms with Crippen LogP contribution in [0.25, 0.3) is 5.76 Å². The van der Waals surface area contributed by atoms with Crippen molar-refractivity contribution in [2.24, 2.45) is 0 Å². The molecule has 4 rings (SSSR count). The number of anilines is 1. The van der Waals surface area contributed by atoms with Crippen molar-refractivity contribution < 1.29 is 23.8 Å². The van der Waals surface area contributed by atoms with E-state index >= 15 is 0 Å². The number of aliphatic hydroxyl groups is 1. The van der Waals surface area contributed by atoms with Crippen LogP contribution in [0.1, 0.15) is 53.2 Å². The molecular formula is C28H29NO5. The van der Waals surface area contributed by atoms with Crippen LogP contribution in [-0.4, -0.2) is 23.4 Å². The minimum absolute atomic E-state index is 0.000126. The lowest BCUT2D eigenvalue weighted by molar-refractivity contribution is -0.132. The van der Waals surface area contributed by atoms with Crippen molar-refractivity contribution >= 4 is 23.1 Å². The van der Waals surface area contributed by atoms with Crippen LogP contribution < -0.4 is 9.64 Å². The summed E-state index contributed by atoms with van der Waals surface area (Å²) in [5.41, 5.74) is 3.77. The van der Waals surface area contributed by atoms with Crippen LogP contribution in [0.3, 0.4) is 0 Å². The predicted molar refractivity (Wildman–Crippen MR) is 131 cm³/mol. The molecule has 2 heterocycles. The Kier molecular flexibility index (Phi) is 6.33. The number of nitrogens with zero attached hydrogens (tertiary/aromatic N) is 1. The van der Waals surface area contributed by atoms with Gasteiger partial charge in [0.25, 0.3) is 11.7 Å². The van der Waals surface area contributed by atoms with E-state index in [0.717, 1.165) is 23.1 Å². The minimum atomic E-state index is -0.883. The smallest absolute Gasteiger partial charge is 0.300 e. The fraction of sp³-hybridized carbons (Fsp3) is 0.286. The third-order valence-electron chi connectivity index (χ3n) is 5.87. The van der Waals surface area contributed by atoms with E-state index in [9.17, 15) is 14.7 Å². The molecule has 3 aromatic rings. The molecule has 6 heteroatoms. The third-order valence-corrected chi connectivity index (χ3v) is 5.87. The van der Waals surface area contributed by atoms with Gasteiger partial charge in [-0.05, 0) is 93.3 Å². The van der Waals surface area contributed by atoms with Gasteiger partial charge in [-0.25, -0.2) is 0 Å². The molecule has 1 aromatic heterocycles. The fourth-order valence-electron chi connectivity index (χ4n) is 4.38. The first-order chi connectivity index (χ1) is 16.2. The van der Waals surface area contributed by atoms with Gasteiger partial charge in [-0.1, -0.05) is 13.0 Å². The molecule has 1 saturated heterocycles. The lowest BCUT2D eigenvalue weighted by atomic mass is 9.98. The van der Waals surface area contributed by atoms with Crippen molar-refractivity contribution in [1.29, 1.82) is 0 Å². The van der Waals surface area contributed by atoms with Crippen LogP contribution in [0.4, 0.5) is 5.69 Å². The fourth-order valence-corrected chi connectivity index (χ4v) is 4.38. The summed E-state index contributed by atoms with van der Waals surface area (Å²) in [4.78, 5) is 28.0. The van der Waals surface area contributed by atoms with Gasteiger partial charge >= 0.3 is 0 Å². The summed E-state index contributed by atoms with van der Waals surface area (Å²) in [6.45, 7) is 10.2. The molecule has 0 spiro atoms. The Morgan fingerprint density at radius 3 is 2.29 bits per heavy atom. The number of furan rings is 1. The van der Waals surface area contributed by atoms with Crippen LogP contribution in [0, 0.1) is 27.7 Å². The molecule has 0 bridgehead atoms. The summed E-state index contributed by atoms with van der Waals surface area (Å²) in [7, 11) is 0. The van der Waals surface area contributed by atoms with E-state index in [1.807, 2.05) is 45.9 Å². The molecule has 6 nitrogen and oxygen atoms in total. The van der Waals surface area contributed by atoms with Crippen molar-refractivity contribution in [2.45, 2.75) is 47.1 Å². The quantitative estimate of drug-likeness (QED) is 0.281. The van der Waals surface area contributed by atoms with Crippen LogP contribution in [0.2, 0.25) is 0 Å². The molecule has 176 valence electrons. The third kappa shape index (κ3) is 4.23. The topological polar surface area (TPSA) is 80.0 Å². The first kappa shape index (κ1) is 23.4. The zero-order valence-corrected chi connectivity index (χ0v) is 20.1. The van der Waals surface area contributed by atoms with Gasteiger partial charge in [-0.15, -0.1) is 0 Å². The number of ether oxygens (including phenoxy) is 1. The number of aryl methyl sites for hydroxylation is 4. The van der Waals surface area contributed by atoms with E-state index in [2.05, 4.69) is 0 Å². The van der Waals surface area contributed by atoms with Crippen molar-refractivity contribution in [2.75, 3.05) is 11.5 Å². The van der Waals surface area contributed by atoms with Crippen molar-refractivity contribution in [3.8, 4) is 5.75 Å². The van der Waals surface area contributed by atoms with E-state index < -0.39 is 17.7 Å². The van der Waals surface area contributed by atoms with Crippen molar-refractivity contribution in [3.05, 3.63) is 87.9 Å². The first-order valence-corrected chi connectivity index (χ1v) is 11.4. The number of hydrogen-bond acceptors (Lipinski definition) is 5. The summed E-state index contributed by atoms with van der Waals surface area (Å²) in [5, 5.41) is 11.3. The molecule has 1 unspecified atom stereocenters. The highest BCUT2D eigenvalue weighted by atomic mass is 16.5. The average molecular weight is 460 g/mol. The molecule has 1 aliphatic heterocycles. The van der Waals surface area contributed by atoms with Crippen molar-refractivity contribution in [3.63, 3.8) is 0 Å². The highest BCUT2D eigenvalue weighted by Gasteiger charge is 2.48. The zero-order valence-electron chi connectivity index (χ0n) is 20.1. The number of amides is 1. The van der Waals surface area contributed by atoms with E-state index in [0.29, 0.717) is 35.1 Å². The molecule has 1 N–H and O–H groups in total. The minimum Gasteiger partial charge on any atom is -0.507 e. The van der Waals surface area contributed by atoms with Crippen LogP contribution in [0.15, 0.2) is 58.5 Å². The normalized spacial score (nSPS) is 17.4. The highest BCUT2D eigenvalue weighted by Crippen LogP contribution is 2.43. The van der Waals surface area contributed by atoms with Crippen LogP contribution in [0.5, 0.6) is 5.75 Å². The number of rotatable bonds is 6. The van der Waals surface area contributed by atoms with E-state index in [1.54, 1.807) is 37.3 Å². The standard InChI is InChI=1S/C28H29NO5/c1-6-11-33-22-10-8-20(15-18(22)4)26(30)24-25(23-9-7-19(5)34-23)29(28(32)27(24)31)21-13-16(2)12-17(3)14-21/h7-10,12-15,25,30H,6,11H2,1-5H3/b26-24-. The Labute approximate surface area is 199 Å². The van der Waals surface area contributed by atoms with Gasteiger partial charge in [-0.2, -0.15) is 0 Å². The molecular weight excluding hydrogens is 430 g/mol. The average Bonchev–Trinajstić information content (AvgIpc) is 3.32. The molecule has 0 saturated carbocycles. The maximum atomic E-state index is 13.3. The number of aliphatic hydroxyl groups excluding tert-OH is 1. The Morgan fingerprint density at radius 2 is 1.71 bits per heavy atom. The molecule has 1 amide bonds. The summed E-state index contributed by atoms with van der Waals surface area (Å²) in [6.07, 6.45) is 0.881. The van der Waals surface area contributed by atoms with Crippen LogP contribution >= 0.6 is 0 Å². The van der Waals surface area contributed by atoms with Crippen molar-refractivity contribution in [1.82, 2.24) is 0 Å². The monoisotopic (exact) mass is 459 g/mol. The second-order valence-corrected chi connectivity index (χ2v) is 8.79. The number of hydrogen-bond donors (Lipinski definition) is 1. The maximum Gasteiger partial charge on any atom is 0.300 e. The second kappa shape index (κ2) is 9.21. The van der Waals surface area contributed by atoms with E-state index in [4.69, 9.17) is 9.15 Å². The van der Waals surface area contributed by atoms with Gasteiger partial charge in [0.2, 0.25) is 0 Å². The summed E-state index contributed by atoms with van der Waals surface area (Å²) < 4.78 is 11.6. The van der Waals surface area contributed by atoms with Gasteiger partial charge in [-0.3, -0.25) is 14.5 Å². The summed E-state index contributed by atoms with van der Waals surface area (Å²) in [6, 6.07) is 13.6. The Hall–Kier alpha value is -3.80. The molecule has 1 fully saturated rings. The molecule has 0 aliphatic carbocycles. The van der Waals surface area contributed by atoms with Gasteiger partial charge in [0.1, 0.15) is 29.1 Å². The van der Waals surface area contributed by atoms with E-state index in [-0.39, 0.29) is 11.3 Å². The lowest BCUT2D eigenvalue weighted by Gasteiger charge is -2.24. The predicted octanol–water partition coefficient (Wildman–Crippen LogP) is 5.93. The molecule has 1 atom stereocenters. The largest absolute Gasteiger partial charge is 0.507 e. The zero-order chi connectivity index (χ0) is 24.6. The van der Waals surface area contributed by atoms with Gasteiger partial charge in [0, 0.05) is 11.3 Å². The first-order valence-electron chi connectivity index (χ1n) is 11.4. The molecule has 34 heavy (non-hydrogen) atoms. The van der Waals surface area contributed by atoms with Crippen LogP contribution in [-0.2, 0) is 9.59 Å². The second-order valence-electron chi connectivity index (χ2n) is 8.79. The molecule has 1 aliphatic rings. The summed E-state index contributed by atoms with van der Waals surface area (Å²) >= 11 is 0. The Morgan fingerprint density at radius 1 is 1.00 bits per heavy atom. The summed E-state index contributed by atoms with van der Waals surface area (Å²) in [5.74, 6) is 0.0814.